The van der Waals surface area contributed by atoms with E-state index in [4.69, 9.17) is 14.5 Å². The van der Waals surface area contributed by atoms with Gasteiger partial charge in [0.15, 0.2) is 5.75 Å². The first-order valence-corrected chi connectivity index (χ1v) is 17.1. The molecular weight excluding hydrogens is 668 g/mol. The molecule has 0 fully saturated rings. The normalized spacial score (nSPS) is 11.1. The summed E-state index contributed by atoms with van der Waals surface area (Å²) in [6, 6.07) is 44.1. The molecule has 2 N–H and O–H groups in total. The predicted molar refractivity (Wildman–Crippen MR) is 201 cm³/mol. The molecule has 0 radical (unpaired) electrons. The first kappa shape index (κ1) is 36.3. The highest BCUT2D eigenvalue weighted by Crippen LogP contribution is 2.34. The van der Waals surface area contributed by atoms with Crippen molar-refractivity contribution in [3.8, 4) is 11.5 Å². The van der Waals surface area contributed by atoms with Crippen molar-refractivity contribution in [3.63, 3.8) is 0 Å². The molecule has 0 spiro atoms. The van der Waals surface area contributed by atoms with Crippen molar-refractivity contribution in [3.05, 3.63) is 201 Å². The van der Waals surface area contributed by atoms with Gasteiger partial charge < -0.3 is 19.8 Å². The van der Waals surface area contributed by atoms with Crippen LogP contribution in [0.15, 0.2) is 146 Å². The molecular formula is C45H38O8. The van der Waals surface area contributed by atoms with Gasteiger partial charge in [0.25, 0.3) is 0 Å². The molecule has 0 aliphatic rings. The van der Waals surface area contributed by atoms with Crippen molar-refractivity contribution in [1.82, 2.24) is 0 Å². The van der Waals surface area contributed by atoms with Gasteiger partial charge in [0.05, 0.1) is 16.7 Å². The molecule has 6 rings (SSSR count). The number of esters is 1. The zero-order chi connectivity index (χ0) is 37.4. The Morgan fingerprint density at radius 3 is 1.55 bits per heavy atom. The fourth-order valence-corrected chi connectivity index (χ4v) is 6.13. The van der Waals surface area contributed by atoms with Crippen LogP contribution in [0.2, 0.25) is 0 Å². The Bertz CT molecular complexity index is 2210. The molecule has 0 saturated carbocycles. The minimum atomic E-state index is -1.20. The van der Waals surface area contributed by atoms with Crippen molar-refractivity contribution in [2.24, 2.45) is 0 Å². The maximum Gasteiger partial charge on any atom is 0.344 e. The van der Waals surface area contributed by atoms with Gasteiger partial charge in [-0.2, -0.15) is 4.89 Å². The second kappa shape index (κ2) is 16.2. The van der Waals surface area contributed by atoms with E-state index in [9.17, 15) is 24.6 Å². The van der Waals surface area contributed by atoms with E-state index in [0.29, 0.717) is 24.2 Å². The number of rotatable bonds is 14. The standard InChI is InChI=1S/C45H38O8/c1-45(2,35-16-20-37(21-17-35)52-44(50)39-24-14-33(28-41(39)43(48)49)26-31-11-7-4-8-12-31)36-18-22-38(23-19-36)53-51-29-34-15-13-32(27-40(34)42(46)47)25-30-9-5-3-6-10-30/h3-24,27-28H,25-26,29H2,1-2H3,(H,46,47)(H,48,49). The summed E-state index contributed by atoms with van der Waals surface area (Å²) in [5.41, 5.74) is 5.82. The van der Waals surface area contributed by atoms with Gasteiger partial charge in [-0.25, -0.2) is 14.4 Å². The fourth-order valence-electron chi connectivity index (χ4n) is 6.13. The molecule has 0 aromatic heterocycles. The lowest BCUT2D eigenvalue weighted by molar-refractivity contribution is -0.217. The molecule has 6 aromatic rings. The van der Waals surface area contributed by atoms with E-state index in [1.54, 1.807) is 42.5 Å². The van der Waals surface area contributed by atoms with Crippen LogP contribution in [0.5, 0.6) is 11.5 Å². The molecule has 0 amide bonds. The first-order chi connectivity index (χ1) is 25.6. The van der Waals surface area contributed by atoms with Gasteiger partial charge in [-0.1, -0.05) is 117 Å². The van der Waals surface area contributed by atoms with Gasteiger partial charge in [0, 0.05) is 5.41 Å². The zero-order valence-electron chi connectivity index (χ0n) is 29.3. The lowest BCUT2D eigenvalue weighted by atomic mass is 9.78. The number of carboxylic acids is 2. The van der Waals surface area contributed by atoms with Gasteiger partial charge in [0.1, 0.15) is 12.4 Å². The van der Waals surface area contributed by atoms with Crippen LogP contribution in [0.4, 0.5) is 0 Å². The van der Waals surface area contributed by atoms with E-state index >= 15 is 0 Å². The highest BCUT2D eigenvalue weighted by atomic mass is 17.2. The van der Waals surface area contributed by atoms with E-state index in [2.05, 4.69) is 13.8 Å². The van der Waals surface area contributed by atoms with Gasteiger partial charge in [0.2, 0.25) is 0 Å². The Hall–Kier alpha value is -6.51. The molecule has 0 saturated heterocycles. The topological polar surface area (TPSA) is 119 Å². The Labute approximate surface area is 307 Å². The third-order valence-corrected chi connectivity index (χ3v) is 9.17. The van der Waals surface area contributed by atoms with Gasteiger partial charge in [-0.3, -0.25) is 0 Å². The minimum Gasteiger partial charge on any atom is -0.478 e. The SMILES string of the molecule is CC(C)(c1ccc(OOCc2ccc(Cc3ccccc3)cc2C(=O)O)cc1)c1ccc(OC(=O)c2ccc(Cc3ccccc3)cc2C(=O)O)cc1. The Balaban J connectivity index is 1.06. The number of benzene rings is 6. The molecule has 0 heterocycles. The van der Waals surface area contributed by atoms with E-state index in [-0.39, 0.29) is 29.0 Å². The summed E-state index contributed by atoms with van der Waals surface area (Å²) in [7, 11) is 0. The number of hydrogen-bond acceptors (Lipinski definition) is 6. The molecule has 0 atom stereocenters. The highest BCUT2D eigenvalue weighted by Gasteiger charge is 2.24. The summed E-state index contributed by atoms with van der Waals surface area (Å²) in [5, 5.41) is 19.7. The molecule has 0 aliphatic heterocycles. The number of ether oxygens (including phenoxy) is 1. The fraction of sp³-hybridized carbons (Fsp3) is 0.133. The summed E-state index contributed by atoms with van der Waals surface area (Å²) in [6.07, 6.45) is 1.16. The quantitative estimate of drug-likeness (QED) is 0.0498. The van der Waals surface area contributed by atoms with Crippen LogP contribution < -0.4 is 9.62 Å². The maximum atomic E-state index is 13.1. The Kier molecular flexibility index (Phi) is 11.1. The van der Waals surface area contributed by atoms with E-state index in [0.717, 1.165) is 33.4 Å². The van der Waals surface area contributed by atoms with Crippen molar-refractivity contribution < 1.29 is 39.1 Å². The van der Waals surface area contributed by atoms with Crippen LogP contribution in [-0.4, -0.2) is 28.1 Å². The predicted octanol–water partition coefficient (Wildman–Crippen LogP) is 9.32. The molecule has 8 nitrogen and oxygen atoms in total. The summed E-state index contributed by atoms with van der Waals surface area (Å²) in [6.45, 7) is 4.07. The van der Waals surface area contributed by atoms with Gasteiger partial charge >= 0.3 is 17.9 Å². The average molecular weight is 707 g/mol. The van der Waals surface area contributed by atoms with E-state index in [1.165, 1.54) is 12.1 Å². The van der Waals surface area contributed by atoms with Crippen molar-refractivity contribution >= 4 is 17.9 Å². The number of carboxylic acid groups (broad SMARTS) is 2. The number of hydrogen-bond donors (Lipinski definition) is 2. The summed E-state index contributed by atoms with van der Waals surface area (Å²) in [4.78, 5) is 48.1. The molecule has 8 heteroatoms. The summed E-state index contributed by atoms with van der Waals surface area (Å²) in [5.74, 6) is -2.25. The monoisotopic (exact) mass is 706 g/mol. The third kappa shape index (κ3) is 9.05. The largest absolute Gasteiger partial charge is 0.478 e. The molecule has 6 aromatic carbocycles. The van der Waals surface area contributed by atoms with E-state index in [1.807, 2.05) is 91.0 Å². The summed E-state index contributed by atoms with van der Waals surface area (Å²) >= 11 is 0. The van der Waals surface area contributed by atoms with Crippen molar-refractivity contribution in [2.45, 2.75) is 38.7 Å². The third-order valence-electron chi connectivity index (χ3n) is 9.17. The average Bonchev–Trinajstić information content (AvgIpc) is 3.16. The molecule has 0 bridgehead atoms. The molecule has 266 valence electrons. The molecule has 0 aliphatic carbocycles. The Morgan fingerprint density at radius 2 is 1.02 bits per heavy atom. The lowest BCUT2D eigenvalue weighted by Crippen LogP contribution is -2.19. The van der Waals surface area contributed by atoms with Crippen LogP contribution in [0.3, 0.4) is 0 Å². The van der Waals surface area contributed by atoms with Gasteiger partial charge in [-0.15, -0.1) is 0 Å². The number of aromatic carboxylic acids is 2. The second-order valence-corrected chi connectivity index (χ2v) is 13.2. The second-order valence-electron chi connectivity index (χ2n) is 13.2. The van der Waals surface area contributed by atoms with Gasteiger partial charge in [-0.05, 0) is 94.3 Å². The highest BCUT2D eigenvalue weighted by molar-refractivity contribution is 6.03. The molecule has 53 heavy (non-hydrogen) atoms. The van der Waals surface area contributed by atoms with Crippen molar-refractivity contribution in [1.29, 1.82) is 0 Å². The molecule has 0 unspecified atom stereocenters. The lowest BCUT2D eigenvalue weighted by Gasteiger charge is -2.26. The number of carbonyl (C=O) groups is 3. The van der Waals surface area contributed by atoms with Crippen molar-refractivity contribution in [2.75, 3.05) is 0 Å². The summed E-state index contributed by atoms with van der Waals surface area (Å²) < 4.78 is 5.59. The van der Waals surface area contributed by atoms with Crippen LogP contribution in [0.1, 0.15) is 83.9 Å². The number of carbonyl (C=O) groups excluding carboxylic acids is 1. The van der Waals surface area contributed by atoms with Crippen LogP contribution in [0, 0.1) is 0 Å². The van der Waals surface area contributed by atoms with Crippen LogP contribution in [0.25, 0.3) is 0 Å². The maximum absolute atomic E-state index is 13.1. The first-order valence-electron chi connectivity index (χ1n) is 17.1. The Morgan fingerprint density at radius 1 is 0.528 bits per heavy atom. The zero-order valence-corrected chi connectivity index (χ0v) is 29.3. The minimum absolute atomic E-state index is 0.0240. The van der Waals surface area contributed by atoms with Crippen LogP contribution in [-0.2, 0) is 29.8 Å². The smallest absolute Gasteiger partial charge is 0.344 e. The van der Waals surface area contributed by atoms with E-state index < -0.39 is 23.3 Å². The van der Waals surface area contributed by atoms with Crippen LogP contribution >= 0.6 is 0 Å².